The van der Waals surface area contributed by atoms with Gasteiger partial charge < -0.3 is 5.73 Å². The zero-order valence-corrected chi connectivity index (χ0v) is 9.44. The van der Waals surface area contributed by atoms with Gasteiger partial charge in [-0.05, 0) is 24.6 Å². The highest BCUT2D eigenvalue weighted by Gasteiger charge is 2.07. The minimum Gasteiger partial charge on any atom is -0.398 e. The molecule has 0 radical (unpaired) electrons. The molecule has 3 aromatic rings. The van der Waals surface area contributed by atoms with Gasteiger partial charge in [-0.3, -0.25) is 14.8 Å². The lowest BCUT2D eigenvalue weighted by molar-refractivity contribution is 1.05. The van der Waals surface area contributed by atoms with Crippen LogP contribution >= 0.6 is 0 Å². The molecule has 4 N–H and O–H groups in total. The Balaban J connectivity index is 2.55. The zero-order valence-electron chi connectivity index (χ0n) is 9.44. The molecule has 0 aliphatic carbocycles. The van der Waals surface area contributed by atoms with Crippen molar-refractivity contribution in [2.24, 2.45) is 0 Å². The van der Waals surface area contributed by atoms with Crippen molar-refractivity contribution >= 4 is 27.9 Å². The van der Waals surface area contributed by atoms with E-state index in [2.05, 4.69) is 19.9 Å². The van der Waals surface area contributed by atoms with Crippen molar-refractivity contribution in [2.75, 3.05) is 5.73 Å². The van der Waals surface area contributed by atoms with Crippen molar-refractivity contribution in [2.45, 2.75) is 6.92 Å². The third-order valence-electron chi connectivity index (χ3n) is 2.73. The minimum absolute atomic E-state index is 0.103. The number of aryl methyl sites for hydroxylation is 1. The summed E-state index contributed by atoms with van der Waals surface area (Å²) in [6.07, 6.45) is 0. The average molecular weight is 243 g/mol. The lowest BCUT2D eigenvalue weighted by Gasteiger charge is -2.03. The van der Waals surface area contributed by atoms with Gasteiger partial charge in [-0.1, -0.05) is 0 Å². The fourth-order valence-corrected chi connectivity index (χ4v) is 1.77. The molecule has 0 bridgehead atoms. The first-order chi connectivity index (χ1) is 8.54. The molecule has 0 spiro atoms. The van der Waals surface area contributed by atoms with E-state index in [1.165, 1.54) is 0 Å². The van der Waals surface area contributed by atoms with Crippen LogP contribution < -0.4 is 17.0 Å². The standard InChI is InChI=1S/C11H9N5O2/c1-4-2-6-7(3-5(4)12)14-9-8(13-6)10(17)16-11(18)15-9/h2-3H,12H2,1H3,(H2,14,15,16,17,18). The van der Waals surface area contributed by atoms with E-state index in [1.807, 2.05) is 6.92 Å². The van der Waals surface area contributed by atoms with Gasteiger partial charge in [-0.2, -0.15) is 0 Å². The molecule has 2 aromatic heterocycles. The Kier molecular flexibility index (Phi) is 1.97. The van der Waals surface area contributed by atoms with Gasteiger partial charge in [0, 0.05) is 5.69 Å². The van der Waals surface area contributed by atoms with E-state index in [1.54, 1.807) is 12.1 Å². The molecule has 0 fully saturated rings. The number of fused-ring (bicyclic) bond motifs is 2. The number of nitrogens with two attached hydrogens (primary N) is 1. The van der Waals surface area contributed by atoms with E-state index in [-0.39, 0.29) is 11.2 Å². The van der Waals surface area contributed by atoms with Gasteiger partial charge in [0.1, 0.15) is 0 Å². The Morgan fingerprint density at radius 1 is 1.11 bits per heavy atom. The number of H-pyrrole nitrogens is 2. The van der Waals surface area contributed by atoms with Crippen LogP contribution in [-0.2, 0) is 0 Å². The van der Waals surface area contributed by atoms with Crippen LogP contribution in [0.5, 0.6) is 0 Å². The summed E-state index contributed by atoms with van der Waals surface area (Å²) in [5.74, 6) is 0. The molecule has 7 heteroatoms. The Labute approximate surface area is 99.7 Å². The van der Waals surface area contributed by atoms with Crippen molar-refractivity contribution < 1.29 is 0 Å². The zero-order chi connectivity index (χ0) is 12.9. The highest BCUT2D eigenvalue weighted by Crippen LogP contribution is 2.19. The Hall–Kier alpha value is -2.70. The summed E-state index contributed by atoms with van der Waals surface area (Å²) in [6.45, 7) is 1.84. The predicted octanol–water partition coefficient (Wildman–Crippen LogP) is 0.0502. The van der Waals surface area contributed by atoms with Gasteiger partial charge in [0.05, 0.1) is 11.0 Å². The lowest BCUT2D eigenvalue weighted by Crippen LogP contribution is -2.23. The Morgan fingerprint density at radius 2 is 1.83 bits per heavy atom. The summed E-state index contributed by atoms with van der Waals surface area (Å²) in [5.41, 5.74) is 7.41. The number of benzene rings is 1. The molecule has 90 valence electrons. The number of aromatic nitrogens is 4. The largest absolute Gasteiger partial charge is 0.398 e. The van der Waals surface area contributed by atoms with E-state index in [4.69, 9.17) is 5.73 Å². The third kappa shape index (κ3) is 1.45. The molecular weight excluding hydrogens is 234 g/mol. The van der Waals surface area contributed by atoms with Crippen LogP contribution in [0, 0.1) is 6.92 Å². The van der Waals surface area contributed by atoms with Crippen molar-refractivity contribution in [3.05, 3.63) is 38.5 Å². The van der Waals surface area contributed by atoms with Gasteiger partial charge in [0.15, 0.2) is 11.2 Å². The molecule has 0 saturated carbocycles. The van der Waals surface area contributed by atoms with Crippen LogP contribution in [0.1, 0.15) is 5.56 Å². The van der Waals surface area contributed by atoms with E-state index in [0.717, 1.165) is 5.56 Å². The van der Waals surface area contributed by atoms with Gasteiger partial charge in [0.25, 0.3) is 5.56 Å². The quantitative estimate of drug-likeness (QED) is 0.381. The van der Waals surface area contributed by atoms with Crippen LogP contribution in [0.2, 0.25) is 0 Å². The number of nitrogens with one attached hydrogen (secondary N) is 2. The SMILES string of the molecule is Cc1cc2nc3c(=O)[nH]c(=O)[nH]c3nc2cc1N. The maximum Gasteiger partial charge on any atom is 0.327 e. The molecule has 0 saturated heterocycles. The van der Waals surface area contributed by atoms with Crippen molar-refractivity contribution in [1.29, 1.82) is 0 Å². The maximum absolute atomic E-state index is 11.6. The van der Waals surface area contributed by atoms with Crippen LogP contribution in [0.15, 0.2) is 21.7 Å². The summed E-state index contributed by atoms with van der Waals surface area (Å²) in [4.78, 5) is 35.7. The molecular formula is C11H9N5O2. The molecule has 2 heterocycles. The number of rotatable bonds is 0. The minimum atomic E-state index is -0.610. The van der Waals surface area contributed by atoms with Crippen molar-refractivity contribution in [3.63, 3.8) is 0 Å². The molecule has 3 rings (SSSR count). The molecule has 0 amide bonds. The van der Waals surface area contributed by atoms with E-state index in [0.29, 0.717) is 16.7 Å². The predicted molar refractivity (Wildman–Crippen MR) is 67.4 cm³/mol. The van der Waals surface area contributed by atoms with Crippen molar-refractivity contribution in [3.8, 4) is 0 Å². The number of anilines is 1. The summed E-state index contributed by atoms with van der Waals surface area (Å²) in [6, 6.07) is 3.41. The number of hydrogen-bond donors (Lipinski definition) is 3. The second kappa shape index (κ2) is 3.39. The lowest BCUT2D eigenvalue weighted by atomic mass is 10.2. The molecule has 0 aliphatic heterocycles. The number of aromatic amines is 2. The fraction of sp³-hybridized carbons (Fsp3) is 0.0909. The summed E-state index contributed by atoms with van der Waals surface area (Å²) in [5, 5.41) is 0. The first kappa shape index (κ1) is 10.5. The van der Waals surface area contributed by atoms with Gasteiger partial charge in [-0.15, -0.1) is 0 Å². The number of nitrogens with zero attached hydrogens (tertiary/aromatic N) is 2. The normalized spacial score (nSPS) is 11.2. The third-order valence-corrected chi connectivity index (χ3v) is 2.73. The maximum atomic E-state index is 11.6. The first-order valence-corrected chi connectivity index (χ1v) is 5.25. The van der Waals surface area contributed by atoms with Crippen LogP contribution in [0.25, 0.3) is 22.2 Å². The van der Waals surface area contributed by atoms with Crippen LogP contribution in [0.4, 0.5) is 5.69 Å². The second-order valence-electron chi connectivity index (χ2n) is 4.03. The summed E-state index contributed by atoms with van der Waals surface area (Å²) < 4.78 is 0. The van der Waals surface area contributed by atoms with Crippen molar-refractivity contribution in [1.82, 2.24) is 19.9 Å². The highest BCUT2D eigenvalue weighted by molar-refractivity contribution is 5.86. The van der Waals surface area contributed by atoms with E-state index < -0.39 is 11.2 Å². The van der Waals surface area contributed by atoms with E-state index >= 15 is 0 Å². The Bertz CT molecular complexity index is 893. The average Bonchev–Trinajstić information content (AvgIpc) is 2.29. The summed E-state index contributed by atoms with van der Waals surface area (Å²) in [7, 11) is 0. The molecule has 0 aliphatic rings. The monoisotopic (exact) mass is 243 g/mol. The van der Waals surface area contributed by atoms with Gasteiger partial charge in [0.2, 0.25) is 0 Å². The fourth-order valence-electron chi connectivity index (χ4n) is 1.77. The van der Waals surface area contributed by atoms with Crippen LogP contribution in [0.3, 0.4) is 0 Å². The molecule has 0 unspecified atom stereocenters. The molecule has 0 atom stereocenters. The smallest absolute Gasteiger partial charge is 0.327 e. The highest BCUT2D eigenvalue weighted by atomic mass is 16.2. The topological polar surface area (TPSA) is 118 Å². The van der Waals surface area contributed by atoms with Gasteiger partial charge in [-0.25, -0.2) is 14.8 Å². The number of hydrogen-bond acceptors (Lipinski definition) is 5. The number of nitrogen functional groups attached to an aromatic ring is 1. The van der Waals surface area contributed by atoms with Gasteiger partial charge >= 0.3 is 5.69 Å². The van der Waals surface area contributed by atoms with Crippen LogP contribution in [-0.4, -0.2) is 19.9 Å². The Morgan fingerprint density at radius 3 is 2.61 bits per heavy atom. The second-order valence-corrected chi connectivity index (χ2v) is 4.03. The molecule has 1 aromatic carbocycles. The first-order valence-electron chi connectivity index (χ1n) is 5.25. The molecule has 7 nitrogen and oxygen atoms in total. The van der Waals surface area contributed by atoms with E-state index in [9.17, 15) is 9.59 Å². The summed E-state index contributed by atoms with van der Waals surface area (Å²) >= 11 is 0. The molecule has 18 heavy (non-hydrogen) atoms.